The van der Waals surface area contributed by atoms with Crippen LogP contribution in [0.3, 0.4) is 0 Å². The molecule has 1 fully saturated rings. The van der Waals surface area contributed by atoms with Gasteiger partial charge in [0, 0.05) is 41.8 Å². The van der Waals surface area contributed by atoms with Crippen molar-refractivity contribution in [3.8, 4) is 0 Å². The van der Waals surface area contributed by atoms with E-state index in [1.165, 1.54) is 6.07 Å². The lowest BCUT2D eigenvalue weighted by molar-refractivity contribution is -0.137. The lowest BCUT2D eigenvalue weighted by Crippen LogP contribution is -2.46. The monoisotopic (exact) mass is 460 g/mol. The van der Waals surface area contributed by atoms with E-state index in [-0.39, 0.29) is 30.1 Å². The van der Waals surface area contributed by atoms with Crippen molar-refractivity contribution in [3.05, 3.63) is 69.4 Å². The summed E-state index contributed by atoms with van der Waals surface area (Å²) in [6.45, 7) is 5.66. The van der Waals surface area contributed by atoms with Gasteiger partial charge in [-0.05, 0) is 57.0 Å². The van der Waals surface area contributed by atoms with E-state index in [0.29, 0.717) is 30.8 Å². The van der Waals surface area contributed by atoms with Gasteiger partial charge in [-0.15, -0.1) is 0 Å². The van der Waals surface area contributed by atoms with Crippen LogP contribution in [-0.2, 0) is 11.3 Å². The Bertz CT molecular complexity index is 885. The zero-order valence-electron chi connectivity index (χ0n) is 16.8. The lowest BCUT2D eigenvalue weighted by Gasteiger charge is -2.35. The highest BCUT2D eigenvalue weighted by Gasteiger charge is 2.31. The van der Waals surface area contributed by atoms with Crippen LogP contribution in [0.4, 0.5) is 4.39 Å². The third-order valence-electron chi connectivity index (χ3n) is 5.42. The van der Waals surface area contributed by atoms with Crippen LogP contribution in [0.1, 0.15) is 41.3 Å². The highest BCUT2D eigenvalue weighted by Crippen LogP contribution is 2.23. The largest absolute Gasteiger partial charge is 0.338 e. The molecule has 0 radical (unpaired) electrons. The molecule has 0 aromatic heterocycles. The number of aryl methyl sites for hydroxylation is 1. The van der Waals surface area contributed by atoms with Crippen LogP contribution >= 0.6 is 15.9 Å². The number of piperidine rings is 1. The number of benzene rings is 2. The average Bonchev–Trinajstić information content (AvgIpc) is 2.74. The summed E-state index contributed by atoms with van der Waals surface area (Å²) in [5.74, 6) is -0.635. The fourth-order valence-corrected chi connectivity index (χ4v) is 4.12. The number of rotatable bonds is 5. The number of likely N-dealkylation sites (tertiary alicyclic amines) is 1. The molecule has 1 unspecified atom stereocenters. The van der Waals surface area contributed by atoms with Crippen molar-refractivity contribution in [3.63, 3.8) is 0 Å². The molecule has 29 heavy (non-hydrogen) atoms. The molecule has 1 heterocycles. The first-order chi connectivity index (χ1) is 13.9. The van der Waals surface area contributed by atoms with Gasteiger partial charge in [-0.25, -0.2) is 4.39 Å². The Kier molecular flexibility index (Phi) is 7.06. The summed E-state index contributed by atoms with van der Waals surface area (Å²) < 4.78 is 14.9. The smallest absolute Gasteiger partial charge is 0.253 e. The van der Waals surface area contributed by atoms with Crippen LogP contribution in [0.15, 0.2) is 46.9 Å². The number of amides is 2. The van der Waals surface area contributed by atoms with Gasteiger partial charge in [0.05, 0.1) is 5.92 Å². The Labute approximate surface area is 179 Å². The number of carbonyl (C=O) groups excluding carboxylic acids is 2. The summed E-state index contributed by atoms with van der Waals surface area (Å²) in [6.07, 6.45) is 1.53. The molecule has 0 saturated carbocycles. The van der Waals surface area contributed by atoms with Crippen LogP contribution < -0.4 is 0 Å². The number of nitrogens with zero attached hydrogens (tertiary/aromatic N) is 2. The van der Waals surface area contributed by atoms with E-state index in [2.05, 4.69) is 15.9 Å². The molecule has 154 valence electrons. The van der Waals surface area contributed by atoms with Gasteiger partial charge in [0.25, 0.3) is 5.91 Å². The van der Waals surface area contributed by atoms with E-state index in [1.807, 2.05) is 38.1 Å². The van der Waals surface area contributed by atoms with E-state index in [9.17, 15) is 14.0 Å². The van der Waals surface area contributed by atoms with Crippen LogP contribution in [-0.4, -0.2) is 41.2 Å². The Hall–Kier alpha value is -2.21. The van der Waals surface area contributed by atoms with Gasteiger partial charge < -0.3 is 9.80 Å². The van der Waals surface area contributed by atoms with Crippen molar-refractivity contribution in [1.82, 2.24) is 9.80 Å². The van der Waals surface area contributed by atoms with Crippen molar-refractivity contribution in [2.24, 2.45) is 5.92 Å². The molecule has 0 bridgehead atoms. The quantitative estimate of drug-likeness (QED) is 0.642. The Balaban J connectivity index is 1.69. The zero-order chi connectivity index (χ0) is 21.0. The zero-order valence-corrected chi connectivity index (χ0v) is 18.4. The second-order valence-electron chi connectivity index (χ2n) is 7.54. The number of hydrogen-bond acceptors (Lipinski definition) is 2. The molecule has 2 aromatic rings. The number of hydrogen-bond donors (Lipinski definition) is 0. The van der Waals surface area contributed by atoms with Crippen LogP contribution in [0, 0.1) is 18.7 Å². The fraction of sp³-hybridized carbons (Fsp3) is 0.391. The second kappa shape index (κ2) is 9.53. The summed E-state index contributed by atoms with van der Waals surface area (Å²) in [7, 11) is 0. The molecule has 1 atom stereocenters. The predicted molar refractivity (Wildman–Crippen MR) is 115 cm³/mol. The molecule has 0 aliphatic carbocycles. The van der Waals surface area contributed by atoms with Gasteiger partial charge in [0.2, 0.25) is 5.91 Å². The van der Waals surface area contributed by atoms with Gasteiger partial charge in [-0.1, -0.05) is 33.6 Å². The predicted octanol–water partition coefficient (Wildman–Crippen LogP) is 4.80. The standard InChI is InChI=1S/C23H26BrFN2O2/c1-3-26(15-19-13-20(24)10-11-21(19)25)23(29)18-5-4-12-27(14-18)22(28)17-8-6-16(2)7-9-17/h6-11,13,18H,3-5,12,14-15H2,1-2H3. The third-order valence-corrected chi connectivity index (χ3v) is 5.91. The highest BCUT2D eigenvalue weighted by atomic mass is 79.9. The van der Waals surface area contributed by atoms with E-state index in [1.54, 1.807) is 21.9 Å². The maximum Gasteiger partial charge on any atom is 0.253 e. The Morgan fingerprint density at radius 1 is 1.21 bits per heavy atom. The minimum Gasteiger partial charge on any atom is -0.338 e. The minimum absolute atomic E-state index is 0.0201. The molecule has 2 aromatic carbocycles. The van der Waals surface area contributed by atoms with Gasteiger partial charge in [-0.2, -0.15) is 0 Å². The lowest BCUT2D eigenvalue weighted by atomic mass is 9.95. The first-order valence-electron chi connectivity index (χ1n) is 9.97. The molecule has 1 aliphatic heterocycles. The molecule has 6 heteroatoms. The van der Waals surface area contributed by atoms with Crippen LogP contribution in [0.5, 0.6) is 0 Å². The molecule has 4 nitrogen and oxygen atoms in total. The van der Waals surface area contributed by atoms with E-state index in [0.717, 1.165) is 22.9 Å². The maximum absolute atomic E-state index is 14.1. The molecule has 0 N–H and O–H groups in total. The van der Waals surface area contributed by atoms with Crippen molar-refractivity contribution in [1.29, 1.82) is 0 Å². The minimum atomic E-state index is -0.320. The first-order valence-corrected chi connectivity index (χ1v) is 10.8. The van der Waals surface area contributed by atoms with Gasteiger partial charge in [0.1, 0.15) is 5.82 Å². The summed E-state index contributed by atoms with van der Waals surface area (Å²) in [6, 6.07) is 12.3. The molecule has 1 saturated heterocycles. The normalized spacial score (nSPS) is 16.6. The van der Waals surface area contributed by atoms with Gasteiger partial charge >= 0.3 is 0 Å². The van der Waals surface area contributed by atoms with E-state index < -0.39 is 0 Å². The number of carbonyl (C=O) groups is 2. The molecular weight excluding hydrogens is 435 g/mol. The van der Waals surface area contributed by atoms with E-state index >= 15 is 0 Å². The topological polar surface area (TPSA) is 40.6 Å². The summed E-state index contributed by atoms with van der Waals surface area (Å²) in [5.41, 5.74) is 2.23. The summed E-state index contributed by atoms with van der Waals surface area (Å²) in [4.78, 5) is 29.4. The molecule has 2 amide bonds. The fourth-order valence-electron chi connectivity index (χ4n) is 3.72. The van der Waals surface area contributed by atoms with Crippen molar-refractivity contribution >= 4 is 27.7 Å². The van der Waals surface area contributed by atoms with Crippen LogP contribution in [0.2, 0.25) is 0 Å². The summed E-state index contributed by atoms with van der Waals surface area (Å²) in [5, 5.41) is 0. The molecule has 1 aliphatic rings. The van der Waals surface area contributed by atoms with Crippen molar-refractivity contribution in [2.45, 2.75) is 33.2 Å². The Morgan fingerprint density at radius 2 is 1.93 bits per heavy atom. The van der Waals surface area contributed by atoms with Crippen molar-refractivity contribution < 1.29 is 14.0 Å². The van der Waals surface area contributed by atoms with E-state index in [4.69, 9.17) is 0 Å². The second-order valence-corrected chi connectivity index (χ2v) is 8.46. The molecular formula is C23H26BrFN2O2. The molecule has 3 rings (SSSR count). The Morgan fingerprint density at radius 3 is 2.62 bits per heavy atom. The maximum atomic E-state index is 14.1. The summed E-state index contributed by atoms with van der Waals surface area (Å²) >= 11 is 3.36. The average molecular weight is 461 g/mol. The molecule has 0 spiro atoms. The number of halogens is 2. The first kappa shape index (κ1) is 21.5. The SMILES string of the molecule is CCN(Cc1cc(Br)ccc1F)C(=O)C1CCCN(C(=O)c2ccc(C)cc2)C1. The highest BCUT2D eigenvalue weighted by molar-refractivity contribution is 9.10. The van der Waals surface area contributed by atoms with Gasteiger partial charge in [0.15, 0.2) is 0 Å². The van der Waals surface area contributed by atoms with Gasteiger partial charge in [-0.3, -0.25) is 9.59 Å². The van der Waals surface area contributed by atoms with Crippen molar-refractivity contribution in [2.75, 3.05) is 19.6 Å². The van der Waals surface area contributed by atoms with Crippen LogP contribution in [0.25, 0.3) is 0 Å². The third kappa shape index (κ3) is 5.24.